The van der Waals surface area contributed by atoms with Crippen molar-refractivity contribution >= 4 is 5.69 Å². The molecule has 1 rings (SSSR count). The molecule has 2 N–H and O–H groups in total. The van der Waals surface area contributed by atoms with Gasteiger partial charge in [-0.25, -0.2) is 0 Å². The summed E-state index contributed by atoms with van der Waals surface area (Å²) >= 11 is 0. The molecule has 0 fully saturated rings. The maximum atomic E-state index is 9.85. The fourth-order valence-electron chi connectivity index (χ4n) is 2.03. The molecule has 1 atom stereocenters. The van der Waals surface area contributed by atoms with Crippen molar-refractivity contribution in [3.8, 4) is 5.75 Å². The van der Waals surface area contributed by atoms with Crippen molar-refractivity contribution in [3.63, 3.8) is 0 Å². The van der Waals surface area contributed by atoms with Gasteiger partial charge in [-0.05, 0) is 37.3 Å². The van der Waals surface area contributed by atoms with Gasteiger partial charge < -0.3 is 10.4 Å². The van der Waals surface area contributed by atoms with Crippen molar-refractivity contribution in [2.45, 2.75) is 39.7 Å². The SMILES string of the molecule is C=CCC(CC(C)C)Nc1c(C)cccc1O. The molecule has 0 saturated carbocycles. The van der Waals surface area contributed by atoms with Crippen molar-refractivity contribution in [1.82, 2.24) is 0 Å². The molecule has 1 aromatic rings. The third-order valence-electron chi connectivity index (χ3n) is 2.81. The molecule has 0 aliphatic rings. The van der Waals surface area contributed by atoms with Crippen molar-refractivity contribution < 1.29 is 5.11 Å². The monoisotopic (exact) mass is 233 g/mol. The van der Waals surface area contributed by atoms with Crippen LogP contribution in [0.5, 0.6) is 5.75 Å². The van der Waals surface area contributed by atoms with Gasteiger partial charge in [-0.3, -0.25) is 0 Å². The number of benzene rings is 1. The smallest absolute Gasteiger partial charge is 0.138 e. The number of aryl methyl sites for hydroxylation is 1. The van der Waals surface area contributed by atoms with Gasteiger partial charge in [0.25, 0.3) is 0 Å². The highest BCUT2D eigenvalue weighted by molar-refractivity contribution is 5.61. The number of anilines is 1. The highest BCUT2D eigenvalue weighted by Gasteiger charge is 2.12. The second kappa shape index (κ2) is 6.33. The van der Waals surface area contributed by atoms with E-state index in [9.17, 15) is 5.11 Å². The fourth-order valence-corrected chi connectivity index (χ4v) is 2.03. The van der Waals surface area contributed by atoms with Crippen LogP contribution < -0.4 is 5.32 Å². The number of hydrogen-bond donors (Lipinski definition) is 2. The summed E-state index contributed by atoms with van der Waals surface area (Å²) < 4.78 is 0. The number of rotatable bonds is 6. The minimum absolute atomic E-state index is 0.322. The average molecular weight is 233 g/mol. The average Bonchev–Trinajstić information content (AvgIpc) is 2.23. The van der Waals surface area contributed by atoms with Gasteiger partial charge in [0.1, 0.15) is 5.75 Å². The van der Waals surface area contributed by atoms with Crippen molar-refractivity contribution in [2.75, 3.05) is 5.32 Å². The molecule has 1 aromatic carbocycles. The Labute approximate surface area is 104 Å². The van der Waals surface area contributed by atoms with Crippen LogP contribution in [-0.2, 0) is 0 Å². The maximum Gasteiger partial charge on any atom is 0.138 e. The third kappa shape index (κ3) is 4.14. The Bertz CT molecular complexity index is 351. The number of hydrogen-bond acceptors (Lipinski definition) is 2. The van der Waals surface area contributed by atoms with E-state index in [1.54, 1.807) is 6.07 Å². The van der Waals surface area contributed by atoms with Gasteiger partial charge in [-0.2, -0.15) is 0 Å². The van der Waals surface area contributed by atoms with Gasteiger partial charge in [-0.15, -0.1) is 6.58 Å². The van der Waals surface area contributed by atoms with Crippen LogP contribution in [0.25, 0.3) is 0 Å². The van der Waals surface area contributed by atoms with Gasteiger partial charge in [0.15, 0.2) is 0 Å². The lowest BCUT2D eigenvalue weighted by molar-refractivity contribution is 0.472. The first kappa shape index (κ1) is 13.6. The lowest BCUT2D eigenvalue weighted by Crippen LogP contribution is -2.21. The number of aromatic hydroxyl groups is 1. The summed E-state index contributed by atoms with van der Waals surface area (Å²) in [7, 11) is 0. The van der Waals surface area contributed by atoms with E-state index >= 15 is 0 Å². The van der Waals surface area contributed by atoms with E-state index in [-0.39, 0.29) is 0 Å². The van der Waals surface area contributed by atoms with Crippen LogP contribution in [0.1, 0.15) is 32.3 Å². The molecule has 0 bridgehead atoms. The molecule has 1 unspecified atom stereocenters. The predicted octanol–water partition coefficient (Wildman–Crippen LogP) is 4.10. The normalized spacial score (nSPS) is 12.5. The second-order valence-electron chi connectivity index (χ2n) is 4.96. The van der Waals surface area contributed by atoms with Crippen LogP contribution in [0.4, 0.5) is 5.69 Å². The summed E-state index contributed by atoms with van der Waals surface area (Å²) in [6.45, 7) is 10.2. The third-order valence-corrected chi connectivity index (χ3v) is 2.81. The zero-order valence-corrected chi connectivity index (χ0v) is 11.0. The first-order valence-electron chi connectivity index (χ1n) is 6.20. The van der Waals surface area contributed by atoms with E-state index in [0.29, 0.717) is 17.7 Å². The van der Waals surface area contributed by atoms with Crippen molar-refractivity contribution in [2.24, 2.45) is 5.92 Å². The molecule has 94 valence electrons. The molecular formula is C15H23NO. The largest absolute Gasteiger partial charge is 0.506 e. The van der Waals surface area contributed by atoms with Gasteiger partial charge >= 0.3 is 0 Å². The number of phenolic OH excluding ortho intramolecular Hbond substituents is 1. The molecular weight excluding hydrogens is 210 g/mol. The molecule has 0 radical (unpaired) electrons. The Hall–Kier alpha value is -1.44. The molecule has 0 spiro atoms. The lowest BCUT2D eigenvalue weighted by atomic mass is 10.00. The van der Waals surface area contributed by atoms with E-state index in [1.165, 1.54) is 0 Å². The first-order chi connectivity index (χ1) is 8.04. The summed E-state index contributed by atoms with van der Waals surface area (Å²) in [4.78, 5) is 0. The second-order valence-corrected chi connectivity index (χ2v) is 4.96. The van der Waals surface area contributed by atoms with Crippen LogP contribution >= 0.6 is 0 Å². The first-order valence-corrected chi connectivity index (χ1v) is 6.20. The molecule has 0 amide bonds. The summed E-state index contributed by atoms with van der Waals surface area (Å²) in [5.74, 6) is 0.946. The quantitative estimate of drug-likeness (QED) is 0.572. The van der Waals surface area contributed by atoms with Crippen molar-refractivity contribution in [3.05, 3.63) is 36.4 Å². The number of nitrogens with one attached hydrogen (secondary N) is 1. The summed E-state index contributed by atoms with van der Waals surface area (Å²) in [6.07, 6.45) is 3.90. The standard InChI is InChI=1S/C15H23NO/c1-5-7-13(10-11(2)3)16-15-12(4)8-6-9-14(15)17/h5-6,8-9,11,13,16-17H,1,7,10H2,2-4H3. The molecule has 0 heterocycles. The Morgan fingerprint density at radius 1 is 1.41 bits per heavy atom. The maximum absolute atomic E-state index is 9.85. The van der Waals surface area contributed by atoms with Crippen LogP contribution in [0.15, 0.2) is 30.9 Å². The van der Waals surface area contributed by atoms with Crippen LogP contribution in [0.3, 0.4) is 0 Å². The number of phenols is 1. The fraction of sp³-hybridized carbons (Fsp3) is 0.467. The van der Waals surface area contributed by atoms with Gasteiger partial charge in [0, 0.05) is 6.04 Å². The van der Waals surface area contributed by atoms with Crippen LogP contribution in [0, 0.1) is 12.8 Å². The summed E-state index contributed by atoms with van der Waals surface area (Å²) in [5, 5.41) is 13.3. The van der Waals surface area contributed by atoms with Crippen LogP contribution in [0.2, 0.25) is 0 Å². The molecule has 2 heteroatoms. The highest BCUT2D eigenvalue weighted by atomic mass is 16.3. The molecule has 2 nitrogen and oxygen atoms in total. The van der Waals surface area contributed by atoms with E-state index in [0.717, 1.165) is 24.1 Å². The zero-order valence-electron chi connectivity index (χ0n) is 11.0. The van der Waals surface area contributed by atoms with Gasteiger partial charge in [-0.1, -0.05) is 32.1 Å². The van der Waals surface area contributed by atoms with Crippen LogP contribution in [-0.4, -0.2) is 11.1 Å². The summed E-state index contributed by atoms with van der Waals surface area (Å²) in [5.41, 5.74) is 1.92. The Kier molecular flexibility index (Phi) is 5.08. The zero-order chi connectivity index (χ0) is 12.8. The van der Waals surface area contributed by atoms with Gasteiger partial charge in [0.2, 0.25) is 0 Å². The molecule has 0 saturated heterocycles. The Balaban J connectivity index is 2.81. The van der Waals surface area contributed by atoms with E-state index in [1.807, 2.05) is 25.1 Å². The topological polar surface area (TPSA) is 32.3 Å². The predicted molar refractivity (Wildman–Crippen MR) is 74.5 cm³/mol. The lowest BCUT2D eigenvalue weighted by Gasteiger charge is -2.22. The van der Waals surface area contributed by atoms with Crippen molar-refractivity contribution in [1.29, 1.82) is 0 Å². The van der Waals surface area contributed by atoms with E-state index in [4.69, 9.17) is 0 Å². The molecule has 0 aliphatic carbocycles. The Morgan fingerprint density at radius 3 is 2.65 bits per heavy atom. The highest BCUT2D eigenvalue weighted by Crippen LogP contribution is 2.28. The number of para-hydroxylation sites is 1. The van der Waals surface area contributed by atoms with Gasteiger partial charge in [0.05, 0.1) is 5.69 Å². The molecule has 0 aromatic heterocycles. The summed E-state index contributed by atoms with van der Waals surface area (Å²) in [6, 6.07) is 5.92. The Morgan fingerprint density at radius 2 is 2.12 bits per heavy atom. The molecule has 17 heavy (non-hydrogen) atoms. The van der Waals surface area contributed by atoms with E-state index < -0.39 is 0 Å². The van der Waals surface area contributed by atoms with E-state index in [2.05, 4.69) is 25.7 Å². The molecule has 0 aliphatic heterocycles. The minimum atomic E-state index is 0.322. The minimum Gasteiger partial charge on any atom is -0.506 e.